The Morgan fingerprint density at radius 2 is 2.25 bits per heavy atom. The van der Waals surface area contributed by atoms with Crippen LogP contribution in [0.4, 0.5) is 0 Å². The van der Waals surface area contributed by atoms with E-state index in [0.717, 1.165) is 6.42 Å². The normalized spacial score (nSPS) is 7.12. The van der Waals surface area contributed by atoms with Crippen LogP contribution < -0.4 is 6.15 Å². The Kier molecular flexibility index (Phi) is 8.26. The first-order valence-corrected chi connectivity index (χ1v) is 2.46. The van der Waals surface area contributed by atoms with Gasteiger partial charge in [-0.05, 0) is 12.5 Å². The Balaban J connectivity index is 0. The van der Waals surface area contributed by atoms with Gasteiger partial charge in [0.15, 0.2) is 5.78 Å². The van der Waals surface area contributed by atoms with Crippen molar-refractivity contribution in [1.82, 2.24) is 6.15 Å². The fraction of sp³-hybridized carbons (Fsp3) is 0.500. The lowest BCUT2D eigenvalue weighted by molar-refractivity contribution is -0.114. The van der Waals surface area contributed by atoms with Gasteiger partial charge in [0, 0.05) is 6.42 Å². The van der Waals surface area contributed by atoms with Gasteiger partial charge >= 0.3 is 0 Å². The van der Waals surface area contributed by atoms with Crippen molar-refractivity contribution in [1.29, 1.82) is 0 Å². The van der Waals surface area contributed by atoms with E-state index in [2.05, 4.69) is 6.58 Å². The maximum absolute atomic E-state index is 10.3. The van der Waals surface area contributed by atoms with Crippen LogP contribution in [0.2, 0.25) is 0 Å². The van der Waals surface area contributed by atoms with Crippen LogP contribution in [0.5, 0.6) is 0 Å². The van der Waals surface area contributed by atoms with Crippen LogP contribution >= 0.6 is 0 Å². The summed E-state index contributed by atoms with van der Waals surface area (Å²) in [4.78, 5) is 10.3. The van der Waals surface area contributed by atoms with Gasteiger partial charge < -0.3 is 6.15 Å². The van der Waals surface area contributed by atoms with E-state index in [-0.39, 0.29) is 11.9 Å². The molecule has 48 valence electrons. The molecule has 0 aromatic rings. The quantitative estimate of drug-likeness (QED) is 0.569. The third-order valence-electron chi connectivity index (χ3n) is 0.724. The summed E-state index contributed by atoms with van der Waals surface area (Å²) in [6, 6.07) is 0. The van der Waals surface area contributed by atoms with Gasteiger partial charge in [0.25, 0.3) is 0 Å². The van der Waals surface area contributed by atoms with E-state index in [4.69, 9.17) is 0 Å². The van der Waals surface area contributed by atoms with Gasteiger partial charge in [0.2, 0.25) is 0 Å². The second kappa shape index (κ2) is 6.37. The molecule has 0 aromatic carbocycles. The molecule has 0 heterocycles. The number of rotatable bonds is 3. The molecule has 0 bridgehead atoms. The molecule has 2 heteroatoms. The minimum atomic E-state index is 0. The van der Waals surface area contributed by atoms with Crippen LogP contribution in [-0.4, -0.2) is 5.78 Å². The van der Waals surface area contributed by atoms with E-state index in [1.165, 1.54) is 6.08 Å². The predicted molar refractivity (Wildman–Crippen MR) is 35.1 cm³/mol. The average Bonchev–Trinajstić information content (AvgIpc) is 1.68. The maximum atomic E-state index is 10.3. The highest BCUT2D eigenvalue weighted by Crippen LogP contribution is 1.87. The predicted octanol–water partition coefficient (Wildman–Crippen LogP) is 1.70. The van der Waals surface area contributed by atoms with E-state index in [0.29, 0.717) is 6.42 Å². The summed E-state index contributed by atoms with van der Waals surface area (Å²) in [6.07, 6.45) is 2.93. The molecule has 0 fully saturated rings. The third-order valence-corrected chi connectivity index (χ3v) is 0.724. The molecule has 0 aliphatic rings. The molecule has 0 atom stereocenters. The number of ketones is 1. The topological polar surface area (TPSA) is 52.1 Å². The van der Waals surface area contributed by atoms with Crippen LogP contribution in [0.3, 0.4) is 0 Å². The van der Waals surface area contributed by atoms with E-state index >= 15 is 0 Å². The number of carbonyl (C=O) groups excluding carboxylic acids is 1. The van der Waals surface area contributed by atoms with Crippen molar-refractivity contribution in [2.45, 2.75) is 19.8 Å². The highest BCUT2D eigenvalue weighted by atomic mass is 16.1. The molecule has 0 amide bonds. The molecule has 8 heavy (non-hydrogen) atoms. The second-order valence-corrected chi connectivity index (χ2v) is 1.42. The smallest absolute Gasteiger partial charge is 0.155 e. The van der Waals surface area contributed by atoms with Crippen molar-refractivity contribution in [3.63, 3.8) is 0 Å². The molecule has 3 N–H and O–H groups in total. The van der Waals surface area contributed by atoms with Crippen molar-refractivity contribution in [3.05, 3.63) is 12.7 Å². The van der Waals surface area contributed by atoms with Gasteiger partial charge in [-0.1, -0.05) is 13.5 Å². The van der Waals surface area contributed by atoms with Crippen LogP contribution in [0.1, 0.15) is 19.8 Å². The number of allylic oxidation sites excluding steroid dienone is 1. The summed E-state index contributed by atoms with van der Waals surface area (Å²) >= 11 is 0. The van der Waals surface area contributed by atoms with Gasteiger partial charge in [0.1, 0.15) is 0 Å². The lowest BCUT2D eigenvalue weighted by Gasteiger charge is -1.82. The summed E-state index contributed by atoms with van der Waals surface area (Å²) in [6.45, 7) is 5.30. The summed E-state index contributed by atoms with van der Waals surface area (Å²) in [5, 5.41) is 0. The van der Waals surface area contributed by atoms with Crippen molar-refractivity contribution in [2.75, 3.05) is 0 Å². The van der Waals surface area contributed by atoms with Crippen molar-refractivity contribution >= 4 is 5.78 Å². The van der Waals surface area contributed by atoms with Crippen LogP contribution in [0.25, 0.3) is 0 Å². The first kappa shape index (κ1) is 10.4. The Labute approximate surface area is 50.2 Å². The molecule has 2 nitrogen and oxygen atoms in total. The average molecular weight is 115 g/mol. The monoisotopic (exact) mass is 115 g/mol. The Bertz CT molecular complexity index is 78.6. The molecule has 0 aliphatic heterocycles. The Morgan fingerprint density at radius 3 is 2.38 bits per heavy atom. The lowest BCUT2D eigenvalue weighted by Crippen LogP contribution is -1.87. The largest absolute Gasteiger partial charge is 0.344 e. The van der Waals surface area contributed by atoms with E-state index in [1.807, 2.05) is 6.92 Å². The zero-order chi connectivity index (χ0) is 5.70. The Morgan fingerprint density at radius 1 is 1.75 bits per heavy atom. The molecule has 0 aliphatic carbocycles. The SMILES string of the molecule is C=CC(=O)CCC.N. The summed E-state index contributed by atoms with van der Waals surface area (Å²) in [5.41, 5.74) is 0. The third kappa shape index (κ3) is 5.37. The van der Waals surface area contributed by atoms with Crippen molar-refractivity contribution in [2.24, 2.45) is 0 Å². The molecule has 0 saturated heterocycles. The molecule has 0 aromatic heterocycles. The van der Waals surface area contributed by atoms with Gasteiger partial charge in [0.05, 0.1) is 0 Å². The van der Waals surface area contributed by atoms with Crippen LogP contribution in [0.15, 0.2) is 12.7 Å². The summed E-state index contributed by atoms with van der Waals surface area (Å²) < 4.78 is 0. The highest BCUT2D eigenvalue weighted by molar-refractivity contribution is 5.88. The van der Waals surface area contributed by atoms with E-state index in [9.17, 15) is 4.79 Å². The van der Waals surface area contributed by atoms with Crippen LogP contribution in [-0.2, 0) is 4.79 Å². The van der Waals surface area contributed by atoms with Gasteiger partial charge in [-0.3, -0.25) is 4.79 Å². The molecule has 0 unspecified atom stereocenters. The molecular weight excluding hydrogens is 102 g/mol. The minimum Gasteiger partial charge on any atom is -0.344 e. The first-order chi connectivity index (χ1) is 3.31. The minimum absolute atomic E-state index is 0. The fourth-order valence-electron chi connectivity index (χ4n) is 0.348. The number of hydrogen-bond acceptors (Lipinski definition) is 2. The van der Waals surface area contributed by atoms with Crippen molar-refractivity contribution in [3.8, 4) is 0 Å². The van der Waals surface area contributed by atoms with Gasteiger partial charge in [-0.15, -0.1) is 0 Å². The summed E-state index contributed by atoms with van der Waals surface area (Å²) in [5.74, 6) is 0.141. The number of hydrogen-bond donors (Lipinski definition) is 1. The van der Waals surface area contributed by atoms with Gasteiger partial charge in [-0.25, -0.2) is 0 Å². The molecule has 0 radical (unpaired) electrons. The molecule has 0 rings (SSSR count). The van der Waals surface area contributed by atoms with Crippen LogP contribution in [0, 0.1) is 0 Å². The molecular formula is C6H13NO. The zero-order valence-electron chi connectivity index (χ0n) is 5.31. The maximum Gasteiger partial charge on any atom is 0.155 e. The van der Waals surface area contributed by atoms with Crippen molar-refractivity contribution < 1.29 is 4.79 Å². The van der Waals surface area contributed by atoms with E-state index in [1.54, 1.807) is 0 Å². The fourth-order valence-corrected chi connectivity index (χ4v) is 0.348. The highest BCUT2D eigenvalue weighted by Gasteiger charge is 1.87. The summed E-state index contributed by atoms with van der Waals surface area (Å²) in [7, 11) is 0. The standard InChI is InChI=1S/C6H10O.H3N/c1-3-5-6(7)4-2;/h4H,2-3,5H2,1H3;1H3. The molecule has 0 spiro atoms. The zero-order valence-corrected chi connectivity index (χ0v) is 5.31. The first-order valence-electron chi connectivity index (χ1n) is 2.46. The molecule has 0 saturated carbocycles. The van der Waals surface area contributed by atoms with Gasteiger partial charge in [-0.2, -0.15) is 0 Å². The Hall–Kier alpha value is -0.630. The lowest BCUT2D eigenvalue weighted by atomic mass is 10.2. The van der Waals surface area contributed by atoms with E-state index < -0.39 is 0 Å². The second-order valence-electron chi connectivity index (χ2n) is 1.42. The number of carbonyl (C=O) groups is 1.